The molecule has 8 nitrogen and oxygen atoms in total. The highest BCUT2D eigenvalue weighted by atomic mass is 16.4. The molecular formula is C11H16N4O4. The maximum absolute atomic E-state index is 11.8. The number of urea groups is 1. The minimum Gasteiger partial charge on any atom is -0.478 e. The van der Waals surface area contributed by atoms with Crippen LogP contribution in [0.25, 0.3) is 0 Å². The number of aromatic nitrogens is 2. The number of imide groups is 1. The highest BCUT2D eigenvalue weighted by Gasteiger charge is 2.24. The van der Waals surface area contributed by atoms with Crippen LogP contribution in [-0.4, -0.2) is 39.8 Å². The van der Waals surface area contributed by atoms with Gasteiger partial charge in [0.15, 0.2) is 0 Å². The molecule has 104 valence electrons. The van der Waals surface area contributed by atoms with Crippen LogP contribution in [-0.2, 0) is 4.79 Å². The van der Waals surface area contributed by atoms with Crippen molar-refractivity contribution in [1.29, 1.82) is 0 Å². The zero-order valence-electron chi connectivity index (χ0n) is 11.1. The quantitative estimate of drug-likeness (QED) is 0.725. The lowest BCUT2D eigenvalue weighted by Crippen LogP contribution is -2.41. The second-order valence-electron chi connectivity index (χ2n) is 4.04. The molecule has 1 aromatic heterocycles. The molecule has 3 N–H and O–H groups in total. The van der Waals surface area contributed by atoms with Gasteiger partial charge in [-0.1, -0.05) is 0 Å². The van der Waals surface area contributed by atoms with E-state index in [1.807, 2.05) is 0 Å². The van der Waals surface area contributed by atoms with Crippen LogP contribution in [0.4, 0.5) is 4.79 Å². The number of carbonyl (C=O) groups is 3. The van der Waals surface area contributed by atoms with Crippen LogP contribution < -0.4 is 10.6 Å². The van der Waals surface area contributed by atoms with Crippen molar-refractivity contribution in [3.8, 4) is 0 Å². The van der Waals surface area contributed by atoms with Crippen molar-refractivity contribution in [1.82, 2.24) is 20.4 Å². The van der Waals surface area contributed by atoms with E-state index >= 15 is 0 Å². The summed E-state index contributed by atoms with van der Waals surface area (Å²) in [6.07, 6.45) is 0. The van der Waals surface area contributed by atoms with E-state index in [4.69, 9.17) is 5.11 Å². The van der Waals surface area contributed by atoms with E-state index in [2.05, 4.69) is 15.7 Å². The molecule has 8 heteroatoms. The number of carboxylic acids is 1. The molecule has 0 fully saturated rings. The molecular weight excluding hydrogens is 252 g/mol. The van der Waals surface area contributed by atoms with Crippen LogP contribution in [0.15, 0.2) is 0 Å². The highest BCUT2D eigenvalue weighted by Crippen LogP contribution is 2.17. The minimum absolute atomic E-state index is 0.0691. The molecule has 3 amide bonds. The summed E-state index contributed by atoms with van der Waals surface area (Å²) in [5.74, 6) is -1.66. The predicted octanol–water partition coefficient (Wildman–Crippen LogP) is 0.215. The van der Waals surface area contributed by atoms with E-state index < -0.39 is 23.9 Å². The fourth-order valence-electron chi connectivity index (χ4n) is 1.74. The van der Waals surface area contributed by atoms with Crippen LogP contribution in [0.2, 0.25) is 0 Å². The Morgan fingerprint density at radius 2 is 1.89 bits per heavy atom. The van der Waals surface area contributed by atoms with Crippen LogP contribution in [0.5, 0.6) is 0 Å². The first-order chi connectivity index (χ1) is 8.79. The van der Waals surface area contributed by atoms with Gasteiger partial charge >= 0.3 is 12.0 Å². The molecule has 0 aliphatic carbocycles. The van der Waals surface area contributed by atoms with E-state index in [0.29, 0.717) is 11.4 Å². The Morgan fingerprint density at radius 3 is 2.32 bits per heavy atom. The van der Waals surface area contributed by atoms with Gasteiger partial charge in [0.1, 0.15) is 11.6 Å². The number of aromatic carboxylic acids is 1. The third-order valence-electron chi connectivity index (χ3n) is 2.75. The maximum Gasteiger partial charge on any atom is 0.339 e. The van der Waals surface area contributed by atoms with Gasteiger partial charge in [0, 0.05) is 7.05 Å². The van der Waals surface area contributed by atoms with Crippen molar-refractivity contribution in [3.05, 3.63) is 17.0 Å². The third-order valence-corrected chi connectivity index (χ3v) is 2.75. The number of carboxylic acid groups (broad SMARTS) is 1. The van der Waals surface area contributed by atoms with Crippen LogP contribution in [0.1, 0.15) is 34.7 Å². The lowest BCUT2D eigenvalue weighted by atomic mass is 10.2. The van der Waals surface area contributed by atoms with Crippen molar-refractivity contribution >= 4 is 17.9 Å². The molecule has 1 heterocycles. The first-order valence-electron chi connectivity index (χ1n) is 5.61. The summed E-state index contributed by atoms with van der Waals surface area (Å²) in [4.78, 5) is 33.9. The zero-order valence-corrected chi connectivity index (χ0v) is 11.1. The first-order valence-corrected chi connectivity index (χ1v) is 5.61. The Kier molecular flexibility index (Phi) is 4.26. The van der Waals surface area contributed by atoms with E-state index in [9.17, 15) is 14.4 Å². The second kappa shape index (κ2) is 5.51. The van der Waals surface area contributed by atoms with Gasteiger partial charge in [-0.3, -0.25) is 14.8 Å². The number of hydrogen-bond donors (Lipinski definition) is 3. The van der Waals surface area contributed by atoms with Crippen LogP contribution >= 0.6 is 0 Å². The monoisotopic (exact) mass is 268 g/mol. The molecule has 0 aliphatic heterocycles. The number of nitrogens with zero attached hydrogens (tertiary/aromatic N) is 2. The summed E-state index contributed by atoms with van der Waals surface area (Å²) >= 11 is 0. The van der Waals surface area contributed by atoms with Gasteiger partial charge in [-0.25, -0.2) is 9.59 Å². The topological polar surface area (TPSA) is 113 Å². The predicted molar refractivity (Wildman–Crippen MR) is 66.0 cm³/mol. The standard InChI is InChI=1S/C11H16N4O4/c1-5-8(10(17)18)6(2)15(14-5)7(3)9(16)13-11(19)12-4/h7H,1-4H3,(H,17,18)(H2,12,13,16,19). The van der Waals surface area contributed by atoms with Crippen molar-refractivity contribution in [2.75, 3.05) is 7.05 Å². The van der Waals surface area contributed by atoms with Gasteiger partial charge in [0.25, 0.3) is 5.91 Å². The van der Waals surface area contributed by atoms with Gasteiger partial charge in [0.05, 0.1) is 11.4 Å². The Bertz CT molecular complexity index is 535. The highest BCUT2D eigenvalue weighted by molar-refractivity contribution is 5.96. The second-order valence-corrected chi connectivity index (χ2v) is 4.04. The average molecular weight is 268 g/mol. The van der Waals surface area contributed by atoms with Gasteiger partial charge in [-0.05, 0) is 20.8 Å². The lowest BCUT2D eigenvalue weighted by molar-refractivity contribution is -0.123. The summed E-state index contributed by atoms with van der Waals surface area (Å²) in [5.41, 5.74) is 0.758. The van der Waals surface area contributed by atoms with Crippen LogP contribution in [0, 0.1) is 13.8 Å². The molecule has 0 saturated carbocycles. The number of aryl methyl sites for hydroxylation is 1. The molecule has 1 rings (SSSR count). The number of nitrogens with one attached hydrogen (secondary N) is 2. The van der Waals surface area contributed by atoms with E-state index in [0.717, 1.165) is 0 Å². The Balaban J connectivity index is 3.04. The SMILES string of the molecule is CNC(=O)NC(=O)C(C)n1nc(C)c(C(=O)O)c1C. The molecule has 19 heavy (non-hydrogen) atoms. The lowest BCUT2D eigenvalue weighted by Gasteiger charge is -2.13. The molecule has 0 bridgehead atoms. The largest absolute Gasteiger partial charge is 0.478 e. The van der Waals surface area contributed by atoms with Gasteiger partial charge < -0.3 is 10.4 Å². The summed E-state index contributed by atoms with van der Waals surface area (Å²) in [7, 11) is 1.39. The van der Waals surface area contributed by atoms with Gasteiger partial charge in [-0.2, -0.15) is 5.10 Å². The van der Waals surface area contributed by atoms with Crippen molar-refractivity contribution in [2.24, 2.45) is 0 Å². The fraction of sp³-hybridized carbons (Fsp3) is 0.455. The van der Waals surface area contributed by atoms with E-state index in [1.54, 1.807) is 13.8 Å². The Labute approximate surface area is 109 Å². The van der Waals surface area contributed by atoms with Gasteiger partial charge in [0.2, 0.25) is 0 Å². The number of rotatable bonds is 3. The van der Waals surface area contributed by atoms with Crippen molar-refractivity contribution < 1.29 is 19.5 Å². The molecule has 1 aromatic rings. The number of carbonyl (C=O) groups excluding carboxylic acids is 2. The van der Waals surface area contributed by atoms with Gasteiger partial charge in [-0.15, -0.1) is 0 Å². The molecule has 0 radical (unpaired) electrons. The minimum atomic E-state index is -1.10. The summed E-state index contributed by atoms with van der Waals surface area (Å²) in [6.45, 7) is 4.65. The molecule has 1 unspecified atom stereocenters. The molecule has 0 aromatic carbocycles. The normalized spacial score (nSPS) is 11.8. The number of amides is 3. The summed E-state index contributed by atoms with van der Waals surface area (Å²) < 4.78 is 1.29. The van der Waals surface area contributed by atoms with Crippen LogP contribution in [0.3, 0.4) is 0 Å². The Morgan fingerprint density at radius 1 is 1.32 bits per heavy atom. The van der Waals surface area contributed by atoms with E-state index in [1.165, 1.54) is 18.7 Å². The first kappa shape index (κ1) is 14.7. The summed E-state index contributed by atoms with van der Waals surface area (Å²) in [6, 6.07) is -1.42. The van der Waals surface area contributed by atoms with Crippen molar-refractivity contribution in [2.45, 2.75) is 26.8 Å². The van der Waals surface area contributed by atoms with Crippen molar-refractivity contribution in [3.63, 3.8) is 0 Å². The maximum atomic E-state index is 11.8. The Hall–Kier alpha value is -2.38. The smallest absolute Gasteiger partial charge is 0.339 e. The third kappa shape index (κ3) is 2.90. The zero-order chi connectivity index (χ0) is 14.7. The molecule has 0 spiro atoms. The van der Waals surface area contributed by atoms with E-state index in [-0.39, 0.29) is 5.56 Å². The summed E-state index contributed by atoms with van der Waals surface area (Å²) in [5, 5.41) is 17.4. The average Bonchev–Trinajstić information content (AvgIpc) is 2.63. The molecule has 1 atom stereocenters. The molecule has 0 aliphatic rings. The fourth-order valence-corrected chi connectivity index (χ4v) is 1.74. The number of hydrogen-bond acceptors (Lipinski definition) is 4. The molecule has 0 saturated heterocycles.